The van der Waals surface area contributed by atoms with Crippen molar-refractivity contribution in [3.8, 4) is 0 Å². The number of nitrogens with two attached hydrogens (primary N) is 1. The Kier molecular flexibility index (Phi) is 5.83. The van der Waals surface area contributed by atoms with Gasteiger partial charge in [0.2, 0.25) is 0 Å². The summed E-state index contributed by atoms with van der Waals surface area (Å²) in [6.45, 7) is 11.7. The van der Waals surface area contributed by atoms with Gasteiger partial charge in [0.25, 0.3) is 0 Å². The van der Waals surface area contributed by atoms with E-state index >= 15 is 0 Å². The van der Waals surface area contributed by atoms with Gasteiger partial charge in [0.15, 0.2) is 0 Å². The van der Waals surface area contributed by atoms with Crippen LogP contribution < -0.4 is 5.73 Å². The molecule has 2 heteroatoms. The summed E-state index contributed by atoms with van der Waals surface area (Å²) in [6, 6.07) is 10.7. The lowest BCUT2D eigenvalue weighted by Crippen LogP contribution is -2.64. The summed E-state index contributed by atoms with van der Waals surface area (Å²) >= 11 is 0. The van der Waals surface area contributed by atoms with Crippen LogP contribution in [-0.2, 0) is 6.54 Å². The van der Waals surface area contributed by atoms with E-state index in [9.17, 15) is 0 Å². The van der Waals surface area contributed by atoms with Crippen molar-refractivity contribution in [3.05, 3.63) is 35.9 Å². The molecule has 2 nitrogen and oxygen atoms in total. The number of nitrogens with zero attached hydrogens (tertiary/aromatic N) is 1. The molecule has 0 amide bonds. The second-order valence-corrected chi connectivity index (χ2v) is 5.16. The Hall–Kier alpha value is -0.860. The van der Waals surface area contributed by atoms with Crippen LogP contribution in [0.15, 0.2) is 30.3 Å². The minimum atomic E-state index is 0.310. The van der Waals surface area contributed by atoms with E-state index in [2.05, 4.69) is 49.1 Å². The fourth-order valence-electron chi connectivity index (χ4n) is 2.68. The Balaban J connectivity index is 0.000000771. The van der Waals surface area contributed by atoms with E-state index in [1.807, 2.05) is 13.8 Å². The second-order valence-electron chi connectivity index (χ2n) is 5.16. The van der Waals surface area contributed by atoms with Crippen LogP contribution in [0, 0.1) is 5.92 Å². The lowest BCUT2D eigenvalue weighted by atomic mass is 9.74. The number of rotatable bonds is 4. The molecule has 1 heterocycles. The average molecular weight is 248 g/mol. The van der Waals surface area contributed by atoms with Gasteiger partial charge in [-0.1, -0.05) is 51.1 Å². The van der Waals surface area contributed by atoms with E-state index in [0.29, 0.717) is 5.54 Å². The summed E-state index contributed by atoms with van der Waals surface area (Å²) in [5.74, 6) is 0.764. The molecule has 18 heavy (non-hydrogen) atoms. The highest BCUT2D eigenvalue weighted by molar-refractivity contribution is 5.16. The summed E-state index contributed by atoms with van der Waals surface area (Å²) < 4.78 is 0. The first kappa shape index (κ1) is 15.2. The summed E-state index contributed by atoms with van der Waals surface area (Å²) in [7, 11) is 0. The smallest absolute Gasteiger partial charge is 0.0239 e. The molecule has 0 saturated carbocycles. The number of benzene rings is 1. The predicted octanol–water partition coefficient (Wildman–Crippen LogP) is 3.27. The van der Waals surface area contributed by atoms with Gasteiger partial charge in [-0.15, -0.1) is 0 Å². The minimum Gasteiger partial charge on any atom is -0.330 e. The summed E-state index contributed by atoms with van der Waals surface area (Å²) in [5, 5.41) is 0. The van der Waals surface area contributed by atoms with Gasteiger partial charge in [-0.3, -0.25) is 4.90 Å². The van der Waals surface area contributed by atoms with E-state index in [1.165, 1.54) is 12.1 Å². The van der Waals surface area contributed by atoms with Gasteiger partial charge in [-0.05, 0) is 31.4 Å². The van der Waals surface area contributed by atoms with E-state index < -0.39 is 0 Å². The molecule has 1 saturated heterocycles. The second kappa shape index (κ2) is 6.91. The van der Waals surface area contributed by atoms with E-state index in [1.54, 1.807) is 0 Å². The van der Waals surface area contributed by atoms with Gasteiger partial charge in [0.05, 0.1) is 0 Å². The molecule has 2 rings (SSSR count). The highest BCUT2D eigenvalue weighted by Gasteiger charge is 2.45. The van der Waals surface area contributed by atoms with Crippen molar-refractivity contribution in [3.63, 3.8) is 0 Å². The van der Waals surface area contributed by atoms with Gasteiger partial charge in [0.1, 0.15) is 0 Å². The molecule has 0 spiro atoms. The largest absolute Gasteiger partial charge is 0.330 e. The molecule has 1 aliphatic heterocycles. The van der Waals surface area contributed by atoms with Crippen LogP contribution in [0.3, 0.4) is 0 Å². The fraction of sp³-hybridized carbons (Fsp3) is 0.625. The van der Waals surface area contributed by atoms with Crippen molar-refractivity contribution in [1.29, 1.82) is 0 Å². The fourth-order valence-corrected chi connectivity index (χ4v) is 2.68. The van der Waals surface area contributed by atoms with Gasteiger partial charge < -0.3 is 5.73 Å². The predicted molar refractivity (Wildman–Crippen MR) is 79.4 cm³/mol. The molecule has 2 N–H and O–H groups in total. The molecular formula is C16H28N2. The highest BCUT2D eigenvalue weighted by atomic mass is 15.3. The Morgan fingerprint density at radius 1 is 1.28 bits per heavy atom. The standard InChI is InChI=1S/C14H22N2.C2H6/c1-12-10-16(14(12,2)8-9-15)11-13-6-4-3-5-7-13;1-2/h3-7,12H,8-11,15H2,1-2H3;1-2H3/t12-,14+;/m0./s1. The zero-order valence-corrected chi connectivity index (χ0v) is 12.3. The number of hydrogen-bond donors (Lipinski definition) is 1. The Morgan fingerprint density at radius 2 is 1.89 bits per heavy atom. The summed E-state index contributed by atoms with van der Waals surface area (Å²) in [4.78, 5) is 2.56. The Labute approximate surface area is 112 Å². The van der Waals surface area contributed by atoms with Crippen molar-refractivity contribution in [2.45, 2.75) is 46.2 Å². The monoisotopic (exact) mass is 248 g/mol. The van der Waals surface area contributed by atoms with Crippen LogP contribution in [0.4, 0.5) is 0 Å². The summed E-state index contributed by atoms with van der Waals surface area (Å²) in [6.07, 6.45) is 1.10. The Morgan fingerprint density at radius 3 is 2.39 bits per heavy atom. The number of likely N-dealkylation sites (tertiary alicyclic amines) is 1. The van der Waals surface area contributed by atoms with E-state index in [0.717, 1.165) is 25.4 Å². The number of hydrogen-bond acceptors (Lipinski definition) is 2. The SMILES string of the molecule is CC.C[C@H]1CN(Cc2ccccc2)[C@]1(C)CCN. The first-order valence-electron chi connectivity index (χ1n) is 7.16. The van der Waals surface area contributed by atoms with Crippen molar-refractivity contribution >= 4 is 0 Å². The molecule has 1 fully saturated rings. The normalized spacial score (nSPS) is 27.1. The van der Waals surface area contributed by atoms with Crippen LogP contribution >= 0.6 is 0 Å². The van der Waals surface area contributed by atoms with Crippen LogP contribution in [-0.4, -0.2) is 23.5 Å². The maximum atomic E-state index is 5.72. The minimum absolute atomic E-state index is 0.310. The van der Waals surface area contributed by atoms with E-state index in [4.69, 9.17) is 5.73 Å². The van der Waals surface area contributed by atoms with Gasteiger partial charge in [0, 0.05) is 18.6 Å². The molecule has 0 bridgehead atoms. The van der Waals surface area contributed by atoms with Crippen molar-refractivity contribution < 1.29 is 0 Å². The molecule has 1 aliphatic rings. The molecule has 1 aromatic rings. The molecule has 0 unspecified atom stereocenters. The average Bonchev–Trinajstić information content (AvgIpc) is 2.42. The van der Waals surface area contributed by atoms with Gasteiger partial charge >= 0.3 is 0 Å². The zero-order valence-electron chi connectivity index (χ0n) is 12.3. The molecule has 1 aromatic carbocycles. The lowest BCUT2D eigenvalue weighted by Gasteiger charge is -2.56. The molecule has 0 aliphatic carbocycles. The molecule has 0 radical (unpaired) electrons. The van der Waals surface area contributed by atoms with Crippen molar-refractivity contribution in [1.82, 2.24) is 4.90 Å². The van der Waals surface area contributed by atoms with Crippen molar-refractivity contribution in [2.75, 3.05) is 13.1 Å². The lowest BCUT2D eigenvalue weighted by molar-refractivity contribution is -0.0711. The van der Waals surface area contributed by atoms with Crippen LogP contribution in [0.5, 0.6) is 0 Å². The van der Waals surface area contributed by atoms with Crippen molar-refractivity contribution in [2.24, 2.45) is 11.7 Å². The van der Waals surface area contributed by atoms with Crippen LogP contribution in [0.25, 0.3) is 0 Å². The third-order valence-electron chi connectivity index (χ3n) is 4.15. The summed E-state index contributed by atoms with van der Waals surface area (Å²) in [5.41, 5.74) is 7.43. The maximum Gasteiger partial charge on any atom is 0.0239 e. The Bertz CT molecular complexity index is 336. The molecule has 2 atom stereocenters. The first-order chi connectivity index (χ1) is 8.66. The van der Waals surface area contributed by atoms with Crippen LogP contribution in [0.1, 0.15) is 39.7 Å². The molecular weight excluding hydrogens is 220 g/mol. The molecule has 102 valence electrons. The van der Waals surface area contributed by atoms with E-state index in [-0.39, 0.29) is 0 Å². The van der Waals surface area contributed by atoms with Crippen LogP contribution in [0.2, 0.25) is 0 Å². The zero-order chi connectivity index (χ0) is 13.6. The highest BCUT2D eigenvalue weighted by Crippen LogP contribution is 2.39. The quantitative estimate of drug-likeness (QED) is 0.886. The van der Waals surface area contributed by atoms with Gasteiger partial charge in [-0.2, -0.15) is 0 Å². The third kappa shape index (κ3) is 3.12. The van der Waals surface area contributed by atoms with Gasteiger partial charge in [-0.25, -0.2) is 0 Å². The maximum absolute atomic E-state index is 5.72. The third-order valence-corrected chi connectivity index (χ3v) is 4.15. The molecule has 0 aromatic heterocycles. The topological polar surface area (TPSA) is 29.3 Å². The first-order valence-corrected chi connectivity index (χ1v) is 7.16.